The topological polar surface area (TPSA) is 95.9 Å². The molecule has 0 unspecified atom stereocenters. The minimum Gasteiger partial charge on any atom is -0.396 e. The molecule has 10 heteroatoms. The van der Waals surface area contributed by atoms with E-state index in [0.29, 0.717) is 11.1 Å². The Hall–Kier alpha value is -2.56. The first kappa shape index (κ1) is 26.1. The van der Waals surface area contributed by atoms with E-state index < -0.39 is 22.5 Å². The molecule has 3 rings (SSSR count). The molecule has 1 fully saturated rings. The summed E-state index contributed by atoms with van der Waals surface area (Å²) in [5.74, 6) is -0.342. The summed E-state index contributed by atoms with van der Waals surface area (Å²) in [5, 5.41) is 12.3. The number of hydrogen-bond acceptors (Lipinski definition) is 6. The third-order valence-corrected chi connectivity index (χ3v) is 7.75. The number of nitrogens with zero attached hydrogens (tertiary/aromatic N) is 1. The van der Waals surface area contributed by atoms with Gasteiger partial charge in [0, 0.05) is 24.4 Å². The summed E-state index contributed by atoms with van der Waals surface area (Å²) >= 11 is 0. The number of nitrogens with one attached hydrogen (secondary N) is 1. The van der Waals surface area contributed by atoms with Crippen molar-refractivity contribution in [2.24, 2.45) is 0 Å². The lowest BCUT2D eigenvalue weighted by Gasteiger charge is -2.26. The molecular weight excluding hydrogens is 466 g/mol. The highest BCUT2D eigenvalue weighted by Gasteiger charge is 2.26. The number of rotatable bonds is 11. The van der Waals surface area contributed by atoms with Gasteiger partial charge < -0.3 is 20.1 Å². The third kappa shape index (κ3) is 6.52. The van der Waals surface area contributed by atoms with Crippen LogP contribution >= 0.6 is 0 Å². The van der Waals surface area contributed by atoms with E-state index in [4.69, 9.17) is 0 Å². The predicted octanol–water partition coefficient (Wildman–Crippen LogP) is 3.54. The molecule has 0 radical (unpaired) electrons. The summed E-state index contributed by atoms with van der Waals surface area (Å²) < 4.78 is 53.3. The summed E-state index contributed by atoms with van der Waals surface area (Å²) in [6.07, 6.45) is 1.90. The zero-order chi connectivity index (χ0) is 24.7. The van der Waals surface area contributed by atoms with Crippen molar-refractivity contribution in [3.8, 4) is 0 Å². The van der Waals surface area contributed by atoms with Gasteiger partial charge in [-0.2, -0.15) is 8.78 Å². The Morgan fingerprint density at radius 1 is 1.18 bits per heavy atom. The molecule has 1 amide bonds. The Bertz CT molecular complexity index is 1050. The van der Waals surface area contributed by atoms with Gasteiger partial charge in [-0.1, -0.05) is 19.1 Å². The highest BCUT2D eigenvalue weighted by molar-refractivity contribution is 7.91. The van der Waals surface area contributed by atoms with Crippen LogP contribution in [0.25, 0.3) is 0 Å². The number of benzene rings is 2. The van der Waals surface area contributed by atoms with Gasteiger partial charge in [-0.3, -0.25) is 4.79 Å². The normalized spacial score (nSPS) is 17.2. The van der Waals surface area contributed by atoms with Gasteiger partial charge in [-0.15, -0.1) is 0 Å². The van der Waals surface area contributed by atoms with Gasteiger partial charge in [0.05, 0.1) is 29.3 Å². The minimum atomic E-state index is -3.33. The van der Waals surface area contributed by atoms with Gasteiger partial charge >= 0.3 is 6.61 Å². The van der Waals surface area contributed by atoms with Crippen LogP contribution in [0.3, 0.4) is 0 Å². The molecule has 0 aliphatic carbocycles. The Balaban J connectivity index is 1.68. The average Bonchev–Trinajstić information content (AvgIpc) is 3.31. The number of alkyl halides is 2. The largest absolute Gasteiger partial charge is 0.396 e. The summed E-state index contributed by atoms with van der Waals surface area (Å²) in [5.41, 5.74) is 1.93. The van der Waals surface area contributed by atoms with Gasteiger partial charge in [-0.05, 0) is 61.2 Å². The number of amides is 1. The van der Waals surface area contributed by atoms with Gasteiger partial charge in [0.25, 0.3) is 5.91 Å². The van der Waals surface area contributed by atoms with Crippen LogP contribution in [0.1, 0.15) is 48.1 Å². The smallest absolute Gasteiger partial charge is 0.345 e. The van der Waals surface area contributed by atoms with Crippen LogP contribution in [0.2, 0.25) is 0 Å². The number of halogens is 2. The van der Waals surface area contributed by atoms with Crippen molar-refractivity contribution in [3.05, 3.63) is 59.7 Å². The van der Waals surface area contributed by atoms with Crippen molar-refractivity contribution in [1.82, 2.24) is 5.32 Å². The lowest BCUT2D eigenvalue weighted by Crippen LogP contribution is -2.34. The Morgan fingerprint density at radius 3 is 2.44 bits per heavy atom. The number of aliphatic hydroxyl groups excluding tert-OH is 1. The van der Waals surface area contributed by atoms with Crippen molar-refractivity contribution in [1.29, 1.82) is 0 Å². The maximum atomic E-state index is 12.8. The standard InChI is InChI=1S/C24H30F2N2O5S/c1-2-34(31,32)21-11-7-17(8-12-21)22(13-15-29)27-23(30)18-5-9-19(10-6-18)28-14-3-4-20(28)16-33-24(25)26/h5-12,20,22,24,29H,2-4,13-16H2,1H3,(H,27,30)/t20-,22-/m0/s1. The third-order valence-electron chi connectivity index (χ3n) is 6.00. The number of aliphatic hydroxyl groups is 1. The van der Waals surface area contributed by atoms with E-state index in [9.17, 15) is 27.1 Å². The van der Waals surface area contributed by atoms with E-state index in [0.717, 1.165) is 25.1 Å². The predicted molar refractivity (Wildman–Crippen MR) is 125 cm³/mol. The van der Waals surface area contributed by atoms with Crippen LogP contribution in [-0.4, -0.2) is 57.6 Å². The van der Waals surface area contributed by atoms with Crippen LogP contribution in [0.5, 0.6) is 0 Å². The van der Waals surface area contributed by atoms with Crippen LogP contribution in [0.15, 0.2) is 53.4 Å². The van der Waals surface area contributed by atoms with Crippen molar-refractivity contribution in [3.63, 3.8) is 0 Å². The lowest BCUT2D eigenvalue weighted by molar-refractivity contribution is -0.131. The molecule has 186 valence electrons. The summed E-state index contributed by atoms with van der Waals surface area (Å²) in [6, 6.07) is 12.5. The van der Waals surface area contributed by atoms with E-state index in [-0.39, 0.29) is 42.2 Å². The molecule has 1 saturated heterocycles. The summed E-state index contributed by atoms with van der Waals surface area (Å²) in [6.45, 7) is -0.709. The molecule has 0 spiro atoms. The number of hydrogen-bond donors (Lipinski definition) is 2. The maximum Gasteiger partial charge on any atom is 0.345 e. The Morgan fingerprint density at radius 2 is 1.85 bits per heavy atom. The first-order valence-electron chi connectivity index (χ1n) is 11.3. The molecule has 7 nitrogen and oxygen atoms in total. The number of ether oxygens (including phenoxy) is 1. The second-order valence-corrected chi connectivity index (χ2v) is 10.4. The highest BCUT2D eigenvalue weighted by Crippen LogP contribution is 2.27. The van der Waals surface area contributed by atoms with Gasteiger partial charge in [0.15, 0.2) is 9.84 Å². The number of carbonyl (C=O) groups excluding carboxylic acids is 1. The second-order valence-electron chi connectivity index (χ2n) is 8.14. The molecule has 2 N–H and O–H groups in total. The first-order valence-corrected chi connectivity index (χ1v) is 12.9. The van der Waals surface area contributed by atoms with Gasteiger partial charge in [-0.25, -0.2) is 8.42 Å². The van der Waals surface area contributed by atoms with E-state index in [2.05, 4.69) is 10.1 Å². The molecule has 2 aromatic rings. The Labute approximate surface area is 198 Å². The number of sulfone groups is 1. The molecule has 2 atom stereocenters. The molecule has 1 aliphatic rings. The zero-order valence-electron chi connectivity index (χ0n) is 19.0. The molecular formula is C24H30F2N2O5S. The zero-order valence-corrected chi connectivity index (χ0v) is 19.8. The molecule has 1 heterocycles. The molecule has 2 aromatic carbocycles. The van der Waals surface area contributed by atoms with Crippen molar-refractivity contribution in [2.45, 2.75) is 49.8 Å². The number of anilines is 1. The fourth-order valence-corrected chi connectivity index (χ4v) is 4.99. The van der Waals surface area contributed by atoms with Gasteiger partial charge in [0.2, 0.25) is 0 Å². The summed E-state index contributed by atoms with van der Waals surface area (Å²) in [4.78, 5) is 15.1. The monoisotopic (exact) mass is 496 g/mol. The van der Waals surface area contributed by atoms with Crippen LogP contribution in [-0.2, 0) is 14.6 Å². The second kappa shape index (κ2) is 11.7. The van der Waals surface area contributed by atoms with E-state index in [1.807, 2.05) is 4.90 Å². The van der Waals surface area contributed by atoms with Crippen molar-refractivity contribution in [2.75, 3.05) is 30.4 Å². The minimum absolute atomic E-state index is 0.00341. The molecule has 0 aromatic heterocycles. The fourth-order valence-electron chi connectivity index (χ4n) is 4.10. The molecule has 1 aliphatic heterocycles. The van der Waals surface area contributed by atoms with Gasteiger partial charge in [0.1, 0.15) is 0 Å². The highest BCUT2D eigenvalue weighted by atomic mass is 32.2. The van der Waals surface area contributed by atoms with Crippen LogP contribution in [0.4, 0.5) is 14.5 Å². The van der Waals surface area contributed by atoms with E-state index in [1.165, 1.54) is 12.1 Å². The first-order chi connectivity index (χ1) is 16.2. The fraction of sp³-hybridized carbons (Fsp3) is 0.458. The molecule has 0 bridgehead atoms. The maximum absolute atomic E-state index is 12.8. The lowest BCUT2D eigenvalue weighted by atomic mass is 10.0. The quantitative estimate of drug-likeness (QED) is 0.494. The van der Waals surface area contributed by atoms with E-state index in [1.54, 1.807) is 43.3 Å². The SMILES string of the molecule is CCS(=O)(=O)c1ccc([C@H](CCO)NC(=O)c2ccc(N3CCC[C@H]3COC(F)F)cc2)cc1. The number of carbonyl (C=O) groups is 1. The van der Waals surface area contributed by atoms with Crippen LogP contribution < -0.4 is 10.2 Å². The molecule has 34 heavy (non-hydrogen) atoms. The molecule has 0 saturated carbocycles. The van der Waals surface area contributed by atoms with Crippen molar-refractivity contribution >= 4 is 21.4 Å². The van der Waals surface area contributed by atoms with E-state index >= 15 is 0 Å². The van der Waals surface area contributed by atoms with Crippen molar-refractivity contribution < 1.29 is 31.8 Å². The Kier molecular flexibility index (Phi) is 8.98. The van der Waals surface area contributed by atoms with Crippen LogP contribution in [0, 0.1) is 0 Å². The average molecular weight is 497 g/mol. The summed E-state index contributed by atoms with van der Waals surface area (Å²) in [7, 11) is -3.33.